The third kappa shape index (κ3) is 6.36. The van der Waals surface area contributed by atoms with Crippen LogP contribution in [0.2, 0.25) is 10.0 Å². The van der Waals surface area contributed by atoms with E-state index in [1.807, 2.05) is 61.5 Å². The Morgan fingerprint density at radius 3 is 2.52 bits per heavy atom. The van der Waals surface area contributed by atoms with Crippen LogP contribution in [0.25, 0.3) is 6.08 Å². The van der Waals surface area contributed by atoms with Gasteiger partial charge in [0.05, 0.1) is 6.04 Å². The number of benzene rings is 3. The number of carbonyl (C=O) groups is 1. The Labute approximate surface area is 191 Å². The van der Waals surface area contributed by atoms with Crippen molar-refractivity contribution in [1.29, 1.82) is 5.26 Å². The SMILES string of the molecule is C[C@@H](NC(=O)/C(C#N)=C/c1cc(Cl)ccc1OCc1cccc(Cl)c1)c1ccccc1. The highest BCUT2D eigenvalue weighted by molar-refractivity contribution is 6.31. The number of carbonyl (C=O) groups excluding carboxylic acids is 1. The third-order valence-electron chi connectivity index (χ3n) is 4.57. The van der Waals surface area contributed by atoms with Crippen LogP contribution in [0.15, 0.2) is 78.4 Å². The lowest BCUT2D eigenvalue weighted by Gasteiger charge is -2.14. The molecule has 1 amide bonds. The predicted molar refractivity (Wildman–Crippen MR) is 124 cm³/mol. The van der Waals surface area contributed by atoms with Crippen LogP contribution in [0.5, 0.6) is 5.75 Å². The molecule has 3 rings (SSSR count). The van der Waals surface area contributed by atoms with Crippen LogP contribution in [0.4, 0.5) is 0 Å². The number of hydrogen-bond donors (Lipinski definition) is 1. The summed E-state index contributed by atoms with van der Waals surface area (Å²) < 4.78 is 5.91. The van der Waals surface area contributed by atoms with E-state index in [9.17, 15) is 10.1 Å². The highest BCUT2D eigenvalue weighted by Crippen LogP contribution is 2.27. The number of amides is 1. The monoisotopic (exact) mass is 450 g/mol. The molecule has 0 fully saturated rings. The van der Waals surface area contributed by atoms with Crippen LogP contribution >= 0.6 is 23.2 Å². The van der Waals surface area contributed by atoms with Gasteiger partial charge in [-0.3, -0.25) is 4.79 Å². The molecule has 0 aromatic heterocycles. The van der Waals surface area contributed by atoms with E-state index in [-0.39, 0.29) is 18.2 Å². The zero-order chi connectivity index (χ0) is 22.2. The van der Waals surface area contributed by atoms with Crippen molar-refractivity contribution in [3.05, 3.63) is 105 Å². The average molecular weight is 451 g/mol. The smallest absolute Gasteiger partial charge is 0.262 e. The maximum Gasteiger partial charge on any atom is 0.262 e. The molecule has 0 aliphatic heterocycles. The zero-order valence-electron chi connectivity index (χ0n) is 16.8. The van der Waals surface area contributed by atoms with Gasteiger partial charge in [-0.25, -0.2) is 0 Å². The molecule has 0 aliphatic carbocycles. The van der Waals surface area contributed by atoms with Crippen LogP contribution in [0, 0.1) is 11.3 Å². The van der Waals surface area contributed by atoms with Crippen LogP contribution < -0.4 is 10.1 Å². The summed E-state index contributed by atoms with van der Waals surface area (Å²) in [7, 11) is 0. The zero-order valence-corrected chi connectivity index (χ0v) is 18.3. The molecule has 4 nitrogen and oxygen atoms in total. The molecule has 3 aromatic rings. The van der Waals surface area contributed by atoms with Gasteiger partial charge in [0.25, 0.3) is 5.91 Å². The van der Waals surface area contributed by atoms with Crippen molar-refractivity contribution < 1.29 is 9.53 Å². The molecule has 31 heavy (non-hydrogen) atoms. The van der Waals surface area contributed by atoms with Gasteiger partial charge in [0.15, 0.2) is 0 Å². The lowest BCUT2D eigenvalue weighted by Crippen LogP contribution is -2.27. The van der Waals surface area contributed by atoms with Crippen molar-refractivity contribution in [1.82, 2.24) is 5.32 Å². The second kappa shape index (κ2) is 10.7. The van der Waals surface area contributed by atoms with Gasteiger partial charge in [0.2, 0.25) is 0 Å². The molecule has 0 saturated heterocycles. The molecule has 1 N–H and O–H groups in total. The summed E-state index contributed by atoms with van der Waals surface area (Å²) >= 11 is 12.2. The number of rotatable bonds is 7. The van der Waals surface area contributed by atoms with Gasteiger partial charge in [0.1, 0.15) is 24.0 Å². The first kappa shape index (κ1) is 22.4. The highest BCUT2D eigenvalue weighted by Gasteiger charge is 2.15. The topological polar surface area (TPSA) is 62.1 Å². The minimum atomic E-state index is -0.473. The summed E-state index contributed by atoms with van der Waals surface area (Å²) in [6, 6.07) is 23.6. The number of ether oxygens (including phenoxy) is 1. The molecule has 0 spiro atoms. The molecule has 0 radical (unpaired) electrons. The highest BCUT2D eigenvalue weighted by atomic mass is 35.5. The predicted octanol–water partition coefficient (Wildman–Crippen LogP) is 6.36. The molecule has 0 heterocycles. The van der Waals surface area contributed by atoms with Gasteiger partial charge < -0.3 is 10.1 Å². The van der Waals surface area contributed by atoms with E-state index in [0.717, 1.165) is 11.1 Å². The summed E-state index contributed by atoms with van der Waals surface area (Å²) in [5.74, 6) is 0.0284. The Kier molecular flexibility index (Phi) is 7.72. The van der Waals surface area contributed by atoms with Crippen molar-refractivity contribution >= 4 is 35.2 Å². The normalized spacial score (nSPS) is 12.0. The van der Waals surface area contributed by atoms with Crippen LogP contribution in [0.3, 0.4) is 0 Å². The molecule has 0 bridgehead atoms. The third-order valence-corrected chi connectivity index (χ3v) is 5.04. The van der Waals surface area contributed by atoms with Crippen molar-refractivity contribution in [3.63, 3.8) is 0 Å². The lowest BCUT2D eigenvalue weighted by atomic mass is 10.1. The Bertz CT molecular complexity index is 1140. The van der Waals surface area contributed by atoms with E-state index in [0.29, 0.717) is 21.4 Å². The van der Waals surface area contributed by atoms with Crippen LogP contribution in [0.1, 0.15) is 29.7 Å². The van der Waals surface area contributed by atoms with Gasteiger partial charge in [-0.15, -0.1) is 0 Å². The van der Waals surface area contributed by atoms with Gasteiger partial charge in [-0.1, -0.05) is 65.7 Å². The molecule has 3 aromatic carbocycles. The summed E-state index contributed by atoms with van der Waals surface area (Å²) in [5.41, 5.74) is 2.33. The van der Waals surface area contributed by atoms with E-state index in [1.165, 1.54) is 6.08 Å². The molecule has 0 aliphatic rings. The number of halogens is 2. The summed E-state index contributed by atoms with van der Waals surface area (Å²) in [5, 5.41) is 13.5. The quantitative estimate of drug-likeness (QED) is 0.336. The van der Waals surface area contributed by atoms with Crippen LogP contribution in [-0.2, 0) is 11.4 Å². The Morgan fingerprint density at radius 1 is 1.06 bits per heavy atom. The maximum atomic E-state index is 12.7. The lowest BCUT2D eigenvalue weighted by molar-refractivity contribution is -0.117. The van der Waals surface area contributed by atoms with E-state index >= 15 is 0 Å². The van der Waals surface area contributed by atoms with Crippen molar-refractivity contribution in [2.75, 3.05) is 0 Å². The first-order chi connectivity index (χ1) is 15.0. The Morgan fingerprint density at radius 2 is 1.81 bits per heavy atom. The second-order valence-electron chi connectivity index (χ2n) is 6.88. The minimum Gasteiger partial charge on any atom is -0.488 e. The largest absolute Gasteiger partial charge is 0.488 e. The minimum absolute atomic E-state index is 0.0438. The molecular weight excluding hydrogens is 431 g/mol. The summed E-state index contributed by atoms with van der Waals surface area (Å²) in [4.78, 5) is 12.7. The van der Waals surface area contributed by atoms with Gasteiger partial charge in [0, 0.05) is 15.6 Å². The first-order valence-electron chi connectivity index (χ1n) is 9.60. The standard InChI is InChI=1S/C25H20Cl2N2O2/c1-17(19-7-3-2-4-8-19)29-25(30)21(15-28)13-20-14-23(27)10-11-24(20)31-16-18-6-5-9-22(26)12-18/h2-14,17H,16H2,1H3,(H,29,30)/b21-13+/t17-/m1/s1. The fraction of sp³-hybridized carbons (Fsp3) is 0.120. The van der Waals surface area contributed by atoms with Gasteiger partial charge in [-0.2, -0.15) is 5.26 Å². The van der Waals surface area contributed by atoms with E-state index < -0.39 is 5.91 Å². The average Bonchev–Trinajstić information content (AvgIpc) is 2.77. The Balaban J connectivity index is 1.80. The molecular formula is C25H20Cl2N2O2. The Hall–Kier alpha value is -3.26. The summed E-state index contributed by atoms with van der Waals surface area (Å²) in [6.07, 6.45) is 1.48. The fourth-order valence-corrected chi connectivity index (χ4v) is 3.35. The molecule has 156 valence electrons. The fourth-order valence-electron chi connectivity index (χ4n) is 2.95. The number of hydrogen-bond acceptors (Lipinski definition) is 3. The first-order valence-corrected chi connectivity index (χ1v) is 10.4. The van der Waals surface area contributed by atoms with Gasteiger partial charge >= 0.3 is 0 Å². The van der Waals surface area contributed by atoms with Crippen molar-refractivity contribution in [3.8, 4) is 11.8 Å². The molecule has 0 saturated carbocycles. The second-order valence-corrected chi connectivity index (χ2v) is 7.75. The number of nitriles is 1. The molecule has 0 unspecified atom stereocenters. The number of nitrogens with zero attached hydrogens (tertiary/aromatic N) is 1. The maximum absolute atomic E-state index is 12.7. The van der Waals surface area contributed by atoms with E-state index in [4.69, 9.17) is 27.9 Å². The number of nitrogens with one attached hydrogen (secondary N) is 1. The molecule has 6 heteroatoms. The van der Waals surface area contributed by atoms with E-state index in [2.05, 4.69) is 5.32 Å². The van der Waals surface area contributed by atoms with Crippen LogP contribution in [-0.4, -0.2) is 5.91 Å². The van der Waals surface area contributed by atoms with E-state index in [1.54, 1.807) is 24.3 Å². The van der Waals surface area contributed by atoms with Gasteiger partial charge in [-0.05, 0) is 54.5 Å². The summed E-state index contributed by atoms with van der Waals surface area (Å²) in [6.45, 7) is 2.14. The molecule has 1 atom stereocenters. The van der Waals surface area contributed by atoms with Crippen molar-refractivity contribution in [2.24, 2.45) is 0 Å². The van der Waals surface area contributed by atoms with Crippen molar-refractivity contribution in [2.45, 2.75) is 19.6 Å².